The second-order valence-corrected chi connectivity index (χ2v) is 7.57. The van der Waals surface area contributed by atoms with Gasteiger partial charge in [-0.15, -0.1) is 0 Å². The molecule has 1 aliphatic rings. The molecule has 1 heterocycles. The van der Waals surface area contributed by atoms with Gasteiger partial charge in [0.05, 0.1) is 35.3 Å². The normalized spacial score (nSPS) is 12.5. The third kappa shape index (κ3) is 3.90. The van der Waals surface area contributed by atoms with Gasteiger partial charge in [0, 0.05) is 11.4 Å². The number of anilines is 5. The first kappa shape index (κ1) is 20.3. The molecule has 0 bridgehead atoms. The van der Waals surface area contributed by atoms with Gasteiger partial charge < -0.3 is 15.4 Å². The molecule has 2 amide bonds. The molecule has 0 radical (unpaired) electrons. The molecule has 4 aromatic carbocycles. The number of imide groups is 1. The molecule has 6 heteroatoms. The minimum absolute atomic E-state index is 0.355. The van der Waals surface area contributed by atoms with Crippen molar-refractivity contribution in [2.75, 3.05) is 22.6 Å². The number of hydrogen-bond acceptors (Lipinski definition) is 5. The Morgan fingerprint density at radius 2 is 1.09 bits per heavy atom. The van der Waals surface area contributed by atoms with Crippen molar-refractivity contribution in [2.24, 2.45) is 0 Å². The summed E-state index contributed by atoms with van der Waals surface area (Å²) in [5, 5.41) is 6.73. The van der Waals surface area contributed by atoms with Crippen LogP contribution in [0.15, 0.2) is 97.1 Å². The molecule has 0 saturated heterocycles. The fourth-order valence-electron chi connectivity index (χ4n) is 3.81. The van der Waals surface area contributed by atoms with E-state index in [9.17, 15) is 9.59 Å². The lowest BCUT2D eigenvalue weighted by molar-refractivity contribution is 0.0926. The van der Waals surface area contributed by atoms with Crippen LogP contribution < -0.4 is 20.3 Å². The molecule has 1 aliphatic heterocycles. The number of carbonyl (C=O) groups is 2. The van der Waals surface area contributed by atoms with Gasteiger partial charge in [-0.1, -0.05) is 36.4 Å². The maximum atomic E-state index is 13.3. The predicted octanol–water partition coefficient (Wildman–Crippen LogP) is 5.98. The molecule has 0 spiro atoms. The molecule has 0 unspecified atom stereocenters. The van der Waals surface area contributed by atoms with E-state index < -0.39 is 0 Å². The minimum Gasteiger partial charge on any atom is -0.497 e. The summed E-state index contributed by atoms with van der Waals surface area (Å²) in [6, 6.07) is 29.7. The van der Waals surface area contributed by atoms with Crippen molar-refractivity contribution >= 4 is 40.3 Å². The number of para-hydroxylation sites is 2. The summed E-state index contributed by atoms with van der Waals surface area (Å²) in [5.41, 5.74) is 4.34. The Kier molecular flexibility index (Phi) is 5.24. The maximum absolute atomic E-state index is 13.3. The van der Waals surface area contributed by atoms with Crippen LogP contribution in [0.4, 0.5) is 28.4 Å². The lowest BCUT2D eigenvalue weighted by Gasteiger charge is -2.15. The summed E-state index contributed by atoms with van der Waals surface area (Å²) in [4.78, 5) is 27.7. The van der Waals surface area contributed by atoms with Gasteiger partial charge in [0.25, 0.3) is 11.8 Å². The van der Waals surface area contributed by atoms with Crippen molar-refractivity contribution in [3.63, 3.8) is 0 Å². The number of carbonyl (C=O) groups excluding carboxylic acids is 2. The van der Waals surface area contributed by atoms with Crippen LogP contribution in [0.3, 0.4) is 0 Å². The summed E-state index contributed by atoms with van der Waals surface area (Å²) in [6.07, 6.45) is 0. The second kappa shape index (κ2) is 8.51. The number of nitrogens with zero attached hydrogens (tertiary/aromatic N) is 1. The van der Waals surface area contributed by atoms with Crippen LogP contribution in [-0.2, 0) is 0 Å². The zero-order chi connectivity index (χ0) is 22.8. The Balaban J connectivity index is 1.56. The van der Waals surface area contributed by atoms with Gasteiger partial charge in [-0.3, -0.25) is 9.59 Å². The van der Waals surface area contributed by atoms with Gasteiger partial charge in [0.15, 0.2) is 0 Å². The molecule has 0 aliphatic carbocycles. The second-order valence-electron chi connectivity index (χ2n) is 7.57. The molecular formula is C27H21N3O3. The average molecular weight is 435 g/mol. The number of amides is 2. The lowest BCUT2D eigenvalue weighted by Crippen LogP contribution is -2.29. The lowest BCUT2D eigenvalue weighted by atomic mass is 10.1. The van der Waals surface area contributed by atoms with Crippen LogP contribution >= 0.6 is 0 Å². The predicted molar refractivity (Wildman–Crippen MR) is 130 cm³/mol. The van der Waals surface area contributed by atoms with E-state index in [1.807, 2.05) is 60.7 Å². The Morgan fingerprint density at radius 3 is 1.52 bits per heavy atom. The molecular weight excluding hydrogens is 414 g/mol. The third-order valence-corrected chi connectivity index (χ3v) is 5.46. The highest BCUT2D eigenvalue weighted by Gasteiger charge is 2.37. The fraction of sp³-hybridized carbons (Fsp3) is 0.0370. The quantitative estimate of drug-likeness (QED) is 0.365. The standard InChI is InChI=1S/C27H21N3O3/c1-33-21-14-12-20(13-15-21)30-26(31)22-16-24(28-18-8-4-2-5-9-18)25(17-23(22)27(30)32)29-19-10-6-3-7-11-19/h2-17,28-29H,1H3. The van der Waals surface area contributed by atoms with E-state index in [2.05, 4.69) is 10.6 Å². The van der Waals surface area contributed by atoms with Gasteiger partial charge in [-0.2, -0.15) is 0 Å². The third-order valence-electron chi connectivity index (χ3n) is 5.46. The van der Waals surface area contributed by atoms with Gasteiger partial charge in [-0.25, -0.2) is 4.90 Å². The summed E-state index contributed by atoms with van der Waals surface area (Å²) in [7, 11) is 1.57. The monoisotopic (exact) mass is 435 g/mol. The Morgan fingerprint density at radius 1 is 0.636 bits per heavy atom. The molecule has 33 heavy (non-hydrogen) atoms. The summed E-state index contributed by atoms with van der Waals surface area (Å²) >= 11 is 0. The number of fused-ring (bicyclic) bond motifs is 1. The first-order valence-corrected chi connectivity index (χ1v) is 10.5. The molecule has 0 aromatic heterocycles. The largest absolute Gasteiger partial charge is 0.497 e. The van der Waals surface area contributed by atoms with Crippen molar-refractivity contribution in [1.82, 2.24) is 0 Å². The fourth-order valence-corrected chi connectivity index (χ4v) is 3.81. The number of benzene rings is 4. The van der Waals surface area contributed by atoms with Crippen molar-refractivity contribution in [3.05, 3.63) is 108 Å². The zero-order valence-electron chi connectivity index (χ0n) is 17.9. The van der Waals surface area contributed by atoms with Crippen LogP contribution in [-0.4, -0.2) is 18.9 Å². The minimum atomic E-state index is -0.359. The van der Waals surface area contributed by atoms with Crippen LogP contribution in [0.5, 0.6) is 5.75 Å². The smallest absolute Gasteiger partial charge is 0.266 e. The average Bonchev–Trinajstić information content (AvgIpc) is 3.09. The van der Waals surface area contributed by atoms with E-state index in [0.717, 1.165) is 11.4 Å². The molecule has 0 atom stereocenters. The first-order chi connectivity index (χ1) is 16.1. The number of hydrogen-bond donors (Lipinski definition) is 2. The highest BCUT2D eigenvalue weighted by Crippen LogP contribution is 2.37. The first-order valence-electron chi connectivity index (χ1n) is 10.5. The topological polar surface area (TPSA) is 70.7 Å². The van der Waals surface area contributed by atoms with E-state index in [0.29, 0.717) is 33.9 Å². The van der Waals surface area contributed by atoms with Gasteiger partial charge >= 0.3 is 0 Å². The van der Waals surface area contributed by atoms with Crippen molar-refractivity contribution < 1.29 is 14.3 Å². The highest BCUT2D eigenvalue weighted by atomic mass is 16.5. The highest BCUT2D eigenvalue weighted by molar-refractivity contribution is 6.35. The summed E-state index contributed by atoms with van der Waals surface area (Å²) in [5.74, 6) is -0.0656. The number of methoxy groups -OCH3 is 1. The SMILES string of the molecule is COc1ccc(N2C(=O)c3cc(Nc4ccccc4)c(Nc4ccccc4)cc3C2=O)cc1. The van der Waals surface area contributed by atoms with Gasteiger partial charge in [-0.05, 0) is 60.7 Å². The van der Waals surface area contributed by atoms with Crippen molar-refractivity contribution in [3.8, 4) is 5.75 Å². The zero-order valence-corrected chi connectivity index (χ0v) is 17.9. The number of nitrogens with one attached hydrogen (secondary N) is 2. The summed E-state index contributed by atoms with van der Waals surface area (Å²) in [6.45, 7) is 0. The number of rotatable bonds is 6. The maximum Gasteiger partial charge on any atom is 0.266 e. The van der Waals surface area contributed by atoms with E-state index in [1.54, 1.807) is 43.5 Å². The van der Waals surface area contributed by atoms with E-state index in [1.165, 1.54) is 4.90 Å². The molecule has 6 nitrogen and oxygen atoms in total. The van der Waals surface area contributed by atoms with Gasteiger partial charge in [0.1, 0.15) is 5.75 Å². The molecule has 2 N–H and O–H groups in total. The van der Waals surface area contributed by atoms with Crippen LogP contribution in [0.2, 0.25) is 0 Å². The van der Waals surface area contributed by atoms with Crippen molar-refractivity contribution in [2.45, 2.75) is 0 Å². The van der Waals surface area contributed by atoms with Gasteiger partial charge in [0.2, 0.25) is 0 Å². The van der Waals surface area contributed by atoms with Crippen LogP contribution in [0.1, 0.15) is 20.7 Å². The Labute approximate surface area is 191 Å². The van der Waals surface area contributed by atoms with Crippen molar-refractivity contribution in [1.29, 1.82) is 0 Å². The summed E-state index contributed by atoms with van der Waals surface area (Å²) < 4.78 is 5.19. The Hall–Kier alpha value is -4.58. The van der Waals surface area contributed by atoms with Crippen LogP contribution in [0, 0.1) is 0 Å². The van der Waals surface area contributed by atoms with E-state index in [4.69, 9.17) is 4.74 Å². The molecule has 5 rings (SSSR count). The number of ether oxygens (including phenoxy) is 1. The van der Waals surface area contributed by atoms with E-state index in [-0.39, 0.29) is 11.8 Å². The molecule has 4 aromatic rings. The Bertz CT molecular complexity index is 1240. The molecule has 0 fully saturated rings. The van der Waals surface area contributed by atoms with Crippen LogP contribution in [0.25, 0.3) is 0 Å². The van der Waals surface area contributed by atoms with E-state index >= 15 is 0 Å². The molecule has 0 saturated carbocycles. The molecule has 162 valence electrons.